The Bertz CT molecular complexity index is 342. The summed E-state index contributed by atoms with van der Waals surface area (Å²) >= 11 is 0. The molecule has 1 saturated carbocycles. The second-order valence-electron chi connectivity index (χ2n) is 3.96. The first-order chi connectivity index (χ1) is 7.79. The van der Waals surface area contributed by atoms with E-state index in [1.165, 1.54) is 6.33 Å². The van der Waals surface area contributed by atoms with Crippen molar-refractivity contribution in [2.45, 2.75) is 25.9 Å². The summed E-state index contributed by atoms with van der Waals surface area (Å²) in [5.41, 5.74) is 0. The molecule has 5 nitrogen and oxygen atoms in total. The molecule has 1 aromatic rings. The summed E-state index contributed by atoms with van der Waals surface area (Å²) in [6, 6.07) is 1.74. The van der Waals surface area contributed by atoms with Gasteiger partial charge in [-0.3, -0.25) is 0 Å². The molecule has 16 heavy (non-hydrogen) atoms. The number of nitrogens with zero attached hydrogens (tertiary/aromatic N) is 2. The van der Waals surface area contributed by atoms with Crippen molar-refractivity contribution in [2.24, 2.45) is 5.92 Å². The van der Waals surface area contributed by atoms with Gasteiger partial charge in [-0.1, -0.05) is 0 Å². The lowest BCUT2D eigenvalue weighted by molar-refractivity contribution is 0.164. The molecule has 0 amide bonds. The van der Waals surface area contributed by atoms with E-state index in [9.17, 15) is 5.11 Å². The smallest absolute Gasteiger partial charge is 0.218 e. The molecule has 2 rings (SSSR count). The zero-order chi connectivity index (χ0) is 11.4. The van der Waals surface area contributed by atoms with E-state index < -0.39 is 0 Å². The Morgan fingerprint density at radius 3 is 3.06 bits per heavy atom. The lowest BCUT2D eigenvalue weighted by Crippen LogP contribution is -2.21. The molecule has 1 fully saturated rings. The number of aliphatic hydroxyl groups excluding tert-OH is 1. The lowest BCUT2D eigenvalue weighted by Gasteiger charge is -2.11. The maximum absolute atomic E-state index is 9.69. The van der Waals surface area contributed by atoms with Crippen molar-refractivity contribution >= 4 is 5.82 Å². The average Bonchev–Trinajstić information content (AvgIpc) is 3.11. The third kappa shape index (κ3) is 3.06. The van der Waals surface area contributed by atoms with Crippen LogP contribution in [0.4, 0.5) is 5.82 Å². The number of rotatable bonds is 6. The summed E-state index contributed by atoms with van der Waals surface area (Å²) in [5, 5.41) is 12.8. The quantitative estimate of drug-likeness (QED) is 0.754. The van der Waals surface area contributed by atoms with E-state index in [2.05, 4.69) is 15.3 Å². The Hall–Kier alpha value is -1.36. The van der Waals surface area contributed by atoms with Gasteiger partial charge in [0.1, 0.15) is 12.1 Å². The van der Waals surface area contributed by atoms with E-state index in [0.29, 0.717) is 30.8 Å². The maximum Gasteiger partial charge on any atom is 0.218 e. The maximum atomic E-state index is 9.69. The van der Waals surface area contributed by atoms with E-state index in [0.717, 1.165) is 12.8 Å². The van der Waals surface area contributed by atoms with Crippen LogP contribution in [0.1, 0.15) is 19.8 Å². The van der Waals surface area contributed by atoms with Crippen LogP contribution in [-0.4, -0.2) is 34.3 Å². The van der Waals surface area contributed by atoms with Crippen LogP contribution in [0.25, 0.3) is 0 Å². The molecule has 1 atom stereocenters. The third-order valence-electron chi connectivity index (χ3n) is 2.59. The summed E-state index contributed by atoms with van der Waals surface area (Å²) in [4.78, 5) is 8.03. The van der Waals surface area contributed by atoms with E-state index in [4.69, 9.17) is 4.74 Å². The first-order valence-electron chi connectivity index (χ1n) is 5.66. The Kier molecular flexibility index (Phi) is 3.56. The molecule has 5 heteroatoms. The van der Waals surface area contributed by atoms with Gasteiger partial charge in [0.2, 0.25) is 5.88 Å². The SMILES string of the molecule is CCOc1cc(NCC(O)C2CC2)ncn1. The minimum atomic E-state index is -0.273. The lowest BCUT2D eigenvalue weighted by atomic mass is 10.2. The van der Waals surface area contributed by atoms with Crippen LogP contribution in [0.15, 0.2) is 12.4 Å². The highest BCUT2D eigenvalue weighted by atomic mass is 16.5. The molecule has 0 bridgehead atoms. The molecule has 2 N–H and O–H groups in total. The summed E-state index contributed by atoms with van der Waals surface area (Å²) in [6.07, 6.45) is 3.45. The zero-order valence-electron chi connectivity index (χ0n) is 9.39. The van der Waals surface area contributed by atoms with Crippen LogP contribution in [0.2, 0.25) is 0 Å². The van der Waals surface area contributed by atoms with Gasteiger partial charge < -0.3 is 15.2 Å². The fourth-order valence-electron chi connectivity index (χ4n) is 1.52. The Labute approximate surface area is 94.9 Å². The van der Waals surface area contributed by atoms with Crippen LogP contribution in [0.5, 0.6) is 5.88 Å². The molecule has 1 heterocycles. The minimum Gasteiger partial charge on any atom is -0.478 e. The summed E-state index contributed by atoms with van der Waals surface area (Å²) in [6.45, 7) is 3.03. The molecular weight excluding hydrogens is 206 g/mol. The predicted octanol–water partition coefficient (Wildman–Crippen LogP) is 1.06. The van der Waals surface area contributed by atoms with Crippen LogP contribution < -0.4 is 10.1 Å². The van der Waals surface area contributed by atoms with Gasteiger partial charge in [0.05, 0.1) is 12.7 Å². The summed E-state index contributed by atoms with van der Waals surface area (Å²) < 4.78 is 5.26. The van der Waals surface area contributed by atoms with Gasteiger partial charge in [-0.2, -0.15) is 0 Å². The van der Waals surface area contributed by atoms with Crippen molar-refractivity contribution < 1.29 is 9.84 Å². The normalized spacial score (nSPS) is 16.9. The van der Waals surface area contributed by atoms with Gasteiger partial charge in [0.15, 0.2) is 0 Å². The van der Waals surface area contributed by atoms with Crippen LogP contribution in [0, 0.1) is 5.92 Å². The molecule has 0 aliphatic heterocycles. The molecule has 0 aromatic carbocycles. The monoisotopic (exact) mass is 223 g/mol. The number of hydrogen-bond acceptors (Lipinski definition) is 5. The number of aliphatic hydroxyl groups is 1. The summed E-state index contributed by atoms with van der Waals surface area (Å²) in [5.74, 6) is 1.72. The number of ether oxygens (including phenoxy) is 1. The highest BCUT2D eigenvalue weighted by Gasteiger charge is 2.29. The van der Waals surface area contributed by atoms with Crippen LogP contribution in [-0.2, 0) is 0 Å². The molecule has 1 unspecified atom stereocenters. The molecule has 0 saturated heterocycles. The van der Waals surface area contributed by atoms with Crippen LogP contribution in [0.3, 0.4) is 0 Å². The molecule has 1 aliphatic rings. The van der Waals surface area contributed by atoms with Gasteiger partial charge in [0.25, 0.3) is 0 Å². The topological polar surface area (TPSA) is 67.3 Å². The average molecular weight is 223 g/mol. The first kappa shape index (κ1) is 11.1. The minimum absolute atomic E-state index is 0.273. The zero-order valence-corrected chi connectivity index (χ0v) is 9.39. The molecule has 0 spiro atoms. The Balaban J connectivity index is 1.85. The van der Waals surface area contributed by atoms with Crippen molar-refractivity contribution in [3.63, 3.8) is 0 Å². The highest BCUT2D eigenvalue weighted by molar-refractivity contribution is 5.37. The first-order valence-corrected chi connectivity index (χ1v) is 5.66. The Morgan fingerprint density at radius 1 is 1.56 bits per heavy atom. The number of aromatic nitrogens is 2. The summed E-state index contributed by atoms with van der Waals surface area (Å²) in [7, 11) is 0. The van der Waals surface area contributed by atoms with Crippen molar-refractivity contribution in [2.75, 3.05) is 18.5 Å². The van der Waals surface area contributed by atoms with E-state index in [1.54, 1.807) is 6.07 Å². The van der Waals surface area contributed by atoms with Gasteiger partial charge in [-0.25, -0.2) is 9.97 Å². The standard InChI is InChI=1S/C11H17N3O2/c1-2-16-11-5-10(13-7-14-11)12-6-9(15)8-3-4-8/h5,7-9,15H,2-4,6H2,1H3,(H,12,13,14). The highest BCUT2D eigenvalue weighted by Crippen LogP contribution is 2.32. The largest absolute Gasteiger partial charge is 0.478 e. The second-order valence-corrected chi connectivity index (χ2v) is 3.96. The van der Waals surface area contributed by atoms with Crippen molar-refractivity contribution in [1.82, 2.24) is 9.97 Å². The van der Waals surface area contributed by atoms with E-state index in [-0.39, 0.29) is 6.10 Å². The van der Waals surface area contributed by atoms with Gasteiger partial charge in [-0.15, -0.1) is 0 Å². The fourth-order valence-corrected chi connectivity index (χ4v) is 1.52. The molecule has 1 aliphatic carbocycles. The predicted molar refractivity (Wildman–Crippen MR) is 60.4 cm³/mol. The van der Waals surface area contributed by atoms with Crippen molar-refractivity contribution in [3.8, 4) is 5.88 Å². The van der Waals surface area contributed by atoms with Gasteiger partial charge in [0, 0.05) is 12.6 Å². The molecule has 1 aromatic heterocycles. The second kappa shape index (κ2) is 5.12. The Morgan fingerprint density at radius 2 is 2.38 bits per heavy atom. The van der Waals surface area contributed by atoms with Crippen molar-refractivity contribution in [3.05, 3.63) is 12.4 Å². The van der Waals surface area contributed by atoms with E-state index >= 15 is 0 Å². The molecular formula is C11H17N3O2. The van der Waals surface area contributed by atoms with Gasteiger partial charge >= 0.3 is 0 Å². The van der Waals surface area contributed by atoms with Crippen LogP contribution >= 0.6 is 0 Å². The van der Waals surface area contributed by atoms with Crippen molar-refractivity contribution in [1.29, 1.82) is 0 Å². The number of nitrogens with one attached hydrogen (secondary N) is 1. The number of hydrogen-bond donors (Lipinski definition) is 2. The third-order valence-corrected chi connectivity index (χ3v) is 2.59. The number of anilines is 1. The molecule has 0 radical (unpaired) electrons. The van der Waals surface area contributed by atoms with E-state index in [1.807, 2.05) is 6.92 Å². The van der Waals surface area contributed by atoms with Gasteiger partial charge in [-0.05, 0) is 25.7 Å². The molecule has 88 valence electrons. The fraction of sp³-hybridized carbons (Fsp3) is 0.636.